The van der Waals surface area contributed by atoms with Gasteiger partial charge in [0, 0.05) is 6.20 Å². The Morgan fingerprint density at radius 3 is 2.55 bits per heavy atom. The van der Waals surface area contributed by atoms with E-state index in [0.717, 1.165) is 17.0 Å². The number of aromatic nitrogens is 1. The largest absolute Gasteiger partial charge is 0.497 e. The molecule has 0 spiro atoms. The highest BCUT2D eigenvalue weighted by atomic mass is 16.5. The van der Waals surface area contributed by atoms with E-state index < -0.39 is 0 Å². The summed E-state index contributed by atoms with van der Waals surface area (Å²) in [5, 5.41) is 0. The molecule has 0 saturated carbocycles. The third-order valence-electron chi connectivity index (χ3n) is 3.06. The first-order chi connectivity index (χ1) is 9.70. The molecule has 0 aliphatic rings. The molecule has 2 aromatic rings. The number of rotatable bonds is 5. The fraction of sp³-hybridized carbons (Fsp3) is 0.250. The first-order valence-corrected chi connectivity index (χ1v) is 6.41. The van der Waals surface area contributed by atoms with Gasteiger partial charge in [0.1, 0.15) is 12.4 Å². The molecule has 0 aliphatic heterocycles. The molecule has 4 heteroatoms. The number of pyridine rings is 1. The third-order valence-corrected chi connectivity index (χ3v) is 3.06. The average molecular weight is 271 g/mol. The normalized spacial score (nSPS) is 11.7. The molecule has 0 aliphatic carbocycles. The summed E-state index contributed by atoms with van der Waals surface area (Å²) in [6, 6.07) is 12.9. The van der Waals surface area contributed by atoms with Gasteiger partial charge in [0.25, 0.3) is 0 Å². The molecular weight excluding hydrogens is 254 g/mol. The summed E-state index contributed by atoms with van der Waals surface area (Å²) in [6.45, 7) is 2.02. The van der Waals surface area contributed by atoms with Crippen molar-refractivity contribution in [2.24, 2.45) is 0 Å². The van der Waals surface area contributed by atoms with Crippen molar-refractivity contribution in [2.45, 2.75) is 19.4 Å². The van der Waals surface area contributed by atoms with Crippen molar-refractivity contribution in [1.82, 2.24) is 4.98 Å². The van der Waals surface area contributed by atoms with E-state index >= 15 is 0 Å². The molecule has 0 bridgehead atoms. The van der Waals surface area contributed by atoms with Gasteiger partial charge in [-0.3, -0.25) is 9.78 Å². The van der Waals surface area contributed by atoms with Gasteiger partial charge in [-0.25, -0.2) is 0 Å². The molecule has 1 unspecified atom stereocenters. The molecule has 1 aromatic carbocycles. The monoisotopic (exact) mass is 271 g/mol. The highest BCUT2D eigenvalue weighted by Crippen LogP contribution is 2.20. The van der Waals surface area contributed by atoms with E-state index in [4.69, 9.17) is 9.47 Å². The van der Waals surface area contributed by atoms with Gasteiger partial charge in [-0.1, -0.05) is 18.2 Å². The summed E-state index contributed by atoms with van der Waals surface area (Å²) in [7, 11) is 1.61. The second kappa shape index (κ2) is 6.70. The summed E-state index contributed by atoms with van der Waals surface area (Å²) >= 11 is 0. The highest BCUT2D eigenvalue weighted by molar-refractivity contribution is 5.77. The smallest absolute Gasteiger partial charge is 0.313 e. The maximum atomic E-state index is 12.0. The maximum Gasteiger partial charge on any atom is 0.313 e. The minimum absolute atomic E-state index is 0.195. The van der Waals surface area contributed by atoms with Crippen LogP contribution in [0, 0.1) is 0 Å². The van der Waals surface area contributed by atoms with Crippen LogP contribution in [0.5, 0.6) is 5.75 Å². The quantitative estimate of drug-likeness (QED) is 0.784. The average Bonchev–Trinajstić information content (AvgIpc) is 2.53. The van der Waals surface area contributed by atoms with Crippen LogP contribution in [0.3, 0.4) is 0 Å². The number of carbonyl (C=O) groups excluding carboxylic acids is 1. The molecule has 2 rings (SSSR count). The molecule has 0 amide bonds. The Bertz CT molecular complexity index is 552. The van der Waals surface area contributed by atoms with E-state index in [1.54, 1.807) is 13.3 Å². The predicted octanol–water partition coefficient (Wildman–Crippen LogP) is 2.94. The van der Waals surface area contributed by atoms with Gasteiger partial charge < -0.3 is 9.47 Å². The summed E-state index contributed by atoms with van der Waals surface area (Å²) in [5.41, 5.74) is 1.64. The number of hydrogen-bond donors (Lipinski definition) is 0. The highest BCUT2D eigenvalue weighted by Gasteiger charge is 2.17. The van der Waals surface area contributed by atoms with Gasteiger partial charge in [-0.2, -0.15) is 0 Å². The Balaban J connectivity index is 1.94. The second-order valence-corrected chi connectivity index (χ2v) is 4.42. The Hall–Kier alpha value is -2.36. The van der Waals surface area contributed by atoms with Crippen LogP contribution < -0.4 is 4.74 Å². The van der Waals surface area contributed by atoms with Gasteiger partial charge in [0.15, 0.2) is 0 Å². The van der Waals surface area contributed by atoms with E-state index in [0.29, 0.717) is 0 Å². The van der Waals surface area contributed by atoms with Crippen molar-refractivity contribution in [3.8, 4) is 5.75 Å². The van der Waals surface area contributed by atoms with Crippen LogP contribution in [-0.2, 0) is 16.1 Å². The first kappa shape index (κ1) is 14.1. The van der Waals surface area contributed by atoms with Crippen molar-refractivity contribution in [2.75, 3.05) is 7.11 Å². The molecule has 4 nitrogen and oxygen atoms in total. The number of benzene rings is 1. The molecule has 0 fully saturated rings. The fourth-order valence-corrected chi connectivity index (χ4v) is 1.78. The number of hydrogen-bond acceptors (Lipinski definition) is 4. The number of carbonyl (C=O) groups is 1. The van der Waals surface area contributed by atoms with Crippen LogP contribution in [0.1, 0.15) is 24.1 Å². The Kier molecular flexibility index (Phi) is 4.71. The first-order valence-electron chi connectivity index (χ1n) is 6.41. The van der Waals surface area contributed by atoms with Crippen LogP contribution in [0.4, 0.5) is 0 Å². The van der Waals surface area contributed by atoms with Crippen molar-refractivity contribution < 1.29 is 14.3 Å². The molecule has 0 radical (unpaired) electrons. The lowest BCUT2D eigenvalue weighted by atomic mass is 10.0. The third kappa shape index (κ3) is 3.57. The van der Waals surface area contributed by atoms with E-state index in [1.807, 2.05) is 49.4 Å². The molecule has 0 saturated heterocycles. The topological polar surface area (TPSA) is 48.4 Å². The lowest BCUT2D eigenvalue weighted by Gasteiger charge is -2.12. The molecule has 1 atom stereocenters. The molecule has 20 heavy (non-hydrogen) atoms. The van der Waals surface area contributed by atoms with Gasteiger partial charge >= 0.3 is 5.97 Å². The number of ether oxygens (including phenoxy) is 2. The summed E-state index contributed by atoms with van der Waals surface area (Å²) in [4.78, 5) is 16.1. The molecule has 104 valence electrons. The second-order valence-electron chi connectivity index (χ2n) is 4.42. The lowest BCUT2D eigenvalue weighted by molar-refractivity contribution is -0.146. The summed E-state index contributed by atoms with van der Waals surface area (Å²) in [5.74, 6) is 0.188. The van der Waals surface area contributed by atoms with Crippen LogP contribution in [0.2, 0.25) is 0 Å². The zero-order valence-electron chi connectivity index (χ0n) is 11.6. The van der Waals surface area contributed by atoms with Crippen molar-refractivity contribution in [1.29, 1.82) is 0 Å². The summed E-state index contributed by atoms with van der Waals surface area (Å²) < 4.78 is 10.4. The van der Waals surface area contributed by atoms with Crippen molar-refractivity contribution >= 4 is 5.97 Å². The van der Waals surface area contributed by atoms with Crippen molar-refractivity contribution in [3.63, 3.8) is 0 Å². The van der Waals surface area contributed by atoms with Gasteiger partial charge in [-0.05, 0) is 36.8 Å². The van der Waals surface area contributed by atoms with Gasteiger partial charge in [0.05, 0.1) is 18.7 Å². The molecule has 1 aromatic heterocycles. The van der Waals surface area contributed by atoms with Gasteiger partial charge in [-0.15, -0.1) is 0 Å². The zero-order valence-corrected chi connectivity index (χ0v) is 11.6. The van der Waals surface area contributed by atoms with Crippen LogP contribution in [-0.4, -0.2) is 18.1 Å². The molecule has 1 heterocycles. The molecule has 0 N–H and O–H groups in total. The zero-order chi connectivity index (χ0) is 14.4. The maximum absolute atomic E-state index is 12.0. The van der Waals surface area contributed by atoms with E-state index in [2.05, 4.69) is 4.98 Å². The Morgan fingerprint density at radius 2 is 1.95 bits per heavy atom. The fourth-order valence-electron chi connectivity index (χ4n) is 1.78. The number of nitrogens with zero attached hydrogens (tertiary/aromatic N) is 1. The van der Waals surface area contributed by atoms with Gasteiger partial charge in [0.2, 0.25) is 0 Å². The van der Waals surface area contributed by atoms with E-state index in [1.165, 1.54) is 0 Å². The Morgan fingerprint density at radius 1 is 1.20 bits per heavy atom. The molecular formula is C16H17NO3. The predicted molar refractivity (Wildman–Crippen MR) is 75.4 cm³/mol. The SMILES string of the molecule is COc1ccc(C(C)C(=O)OCc2ccccn2)cc1. The summed E-state index contributed by atoms with van der Waals surface area (Å²) in [6.07, 6.45) is 1.68. The number of esters is 1. The Labute approximate surface area is 118 Å². The van der Waals surface area contributed by atoms with E-state index in [-0.39, 0.29) is 18.5 Å². The van der Waals surface area contributed by atoms with Crippen LogP contribution in [0.15, 0.2) is 48.7 Å². The lowest BCUT2D eigenvalue weighted by Crippen LogP contribution is -2.13. The van der Waals surface area contributed by atoms with Crippen LogP contribution in [0.25, 0.3) is 0 Å². The van der Waals surface area contributed by atoms with Crippen LogP contribution >= 0.6 is 0 Å². The number of methoxy groups -OCH3 is 1. The minimum Gasteiger partial charge on any atom is -0.497 e. The minimum atomic E-state index is -0.315. The van der Waals surface area contributed by atoms with E-state index in [9.17, 15) is 4.79 Å². The standard InChI is InChI=1S/C16H17NO3/c1-12(13-6-8-15(19-2)9-7-13)16(18)20-11-14-5-3-4-10-17-14/h3-10,12H,11H2,1-2H3. The van der Waals surface area contributed by atoms with Crippen molar-refractivity contribution in [3.05, 3.63) is 59.9 Å².